The molecule has 0 amide bonds. The fourth-order valence-electron chi connectivity index (χ4n) is 9.01. The Balaban J connectivity index is 1.72. The summed E-state index contributed by atoms with van der Waals surface area (Å²) in [6.07, 6.45) is 0. The van der Waals surface area contributed by atoms with Crippen LogP contribution >= 0.6 is 15.8 Å². The first kappa shape index (κ1) is 46.7. The summed E-state index contributed by atoms with van der Waals surface area (Å²) in [5, 5.41) is 5.75. The molecule has 0 aliphatic carbocycles. The smallest absolute Gasteiger partial charge is 0.0188 e. The largest absolute Gasteiger partial charge is 0.0622 e. The normalized spacial score (nSPS) is 14.9. The minimum Gasteiger partial charge on any atom is -0.0622 e. The lowest BCUT2D eigenvalue weighted by molar-refractivity contribution is 0.200. The lowest BCUT2D eigenvalue weighted by Gasteiger charge is -2.53. The van der Waals surface area contributed by atoms with Gasteiger partial charge in [-0.1, -0.05) is 262 Å². The van der Waals surface area contributed by atoms with E-state index < -0.39 is 15.8 Å². The first-order valence-corrected chi connectivity index (χ1v) is 25.4. The monoisotopic (exact) mass is 845 g/mol. The minimum atomic E-state index is -0.924. The van der Waals surface area contributed by atoms with Crippen LogP contribution in [-0.4, -0.2) is 0 Å². The molecule has 2 heteroatoms. The first-order chi connectivity index (χ1) is 28.5. The number of rotatable bonds is 11. The average Bonchev–Trinajstić information content (AvgIpc) is 3.21. The highest BCUT2D eigenvalue weighted by atomic mass is 31.1. The summed E-state index contributed by atoms with van der Waals surface area (Å²) in [6, 6.07) is 62.4. The maximum Gasteiger partial charge on any atom is 0.0188 e. The molecule has 0 heterocycles. The van der Waals surface area contributed by atoms with Crippen molar-refractivity contribution in [3.8, 4) is 0 Å². The lowest BCUT2D eigenvalue weighted by atomic mass is 9.69. The molecule has 0 spiro atoms. The van der Waals surface area contributed by atoms with Crippen molar-refractivity contribution in [1.82, 2.24) is 0 Å². The molecule has 0 N–H and O–H groups in total. The summed E-state index contributed by atoms with van der Waals surface area (Å²) < 4.78 is 0. The zero-order valence-corrected chi connectivity index (χ0v) is 41.9. The van der Waals surface area contributed by atoms with Crippen LogP contribution in [0.2, 0.25) is 0 Å². The van der Waals surface area contributed by atoms with Gasteiger partial charge >= 0.3 is 0 Å². The minimum absolute atomic E-state index is 0.0697. The summed E-state index contributed by atoms with van der Waals surface area (Å²) in [6.45, 7) is 35.6. The van der Waals surface area contributed by atoms with E-state index in [0.717, 1.165) is 0 Å². The molecule has 6 aromatic rings. The molecule has 0 saturated heterocycles. The maximum atomic E-state index is 2.68. The topological polar surface area (TPSA) is 0 Å². The lowest BCUT2D eigenvalue weighted by Crippen LogP contribution is -2.41. The van der Waals surface area contributed by atoms with E-state index in [4.69, 9.17) is 0 Å². The van der Waals surface area contributed by atoms with Gasteiger partial charge in [0, 0.05) is 11.3 Å². The third-order valence-electron chi connectivity index (χ3n) is 13.2. The van der Waals surface area contributed by atoms with Crippen molar-refractivity contribution < 1.29 is 0 Å². The summed E-state index contributed by atoms with van der Waals surface area (Å²) >= 11 is 0. The van der Waals surface area contributed by atoms with E-state index in [-0.39, 0.29) is 38.4 Å². The highest BCUT2D eigenvalue weighted by Gasteiger charge is 2.52. The van der Waals surface area contributed by atoms with E-state index in [2.05, 4.69) is 262 Å². The molecule has 6 rings (SSSR count). The molecule has 0 fully saturated rings. The van der Waals surface area contributed by atoms with Gasteiger partial charge < -0.3 is 0 Å². The number of hydrogen-bond donors (Lipinski definition) is 0. The molecule has 0 radical (unpaired) electrons. The molecule has 0 aliphatic heterocycles. The van der Waals surface area contributed by atoms with Crippen molar-refractivity contribution in [2.24, 2.45) is 11.3 Å². The molecule has 2 atom stereocenters. The second-order valence-electron chi connectivity index (χ2n) is 22.1. The molecule has 0 aliphatic rings. The molecule has 6 aromatic carbocycles. The Labute approximate surface area is 374 Å². The summed E-state index contributed by atoms with van der Waals surface area (Å²) in [7, 11) is -1.85. The molecule has 61 heavy (non-hydrogen) atoms. The van der Waals surface area contributed by atoms with Crippen LogP contribution in [0.4, 0.5) is 0 Å². The second kappa shape index (κ2) is 18.1. The summed E-state index contributed by atoms with van der Waals surface area (Å²) in [4.78, 5) is 0. The van der Waals surface area contributed by atoms with Gasteiger partial charge in [0.1, 0.15) is 0 Å². The van der Waals surface area contributed by atoms with Crippen molar-refractivity contribution in [2.45, 2.75) is 137 Å². The van der Waals surface area contributed by atoms with Gasteiger partial charge in [-0.25, -0.2) is 0 Å². The van der Waals surface area contributed by atoms with Crippen LogP contribution in [-0.2, 0) is 21.7 Å². The standard InChI is InChI=1S/C59H74P2/c1-42(2)59(15,53(43-22-18-16-19-23-43)60(49-34-26-45(27-35-49)55(3,4)5)50-36-28-46(29-37-50)56(6,7)8)54(44-24-20-17-21-25-44)61(51-38-30-47(31-39-51)57(9,10)11)52-40-32-48(33-41-52)58(12,13)14/h16-42,53-54H,1-15H3. The van der Waals surface area contributed by atoms with Gasteiger partial charge in [-0.3, -0.25) is 0 Å². The molecule has 0 saturated carbocycles. The van der Waals surface area contributed by atoms with Gasteiger partial charge in [0.15, 0.2) is 0 Å². The predicted octanol–water partition coefficient (Wildman–Crippen LogP) is 15.6. The van der Waals surface area contributed by atoms with Crippen LogP contribution in [0.3, 0.4) is 0 Å². The molecule has 320 valence electrons. The maximum absolute atomic E-state index is 2.68. The Morgan fingerprint density at radius 1 is 0.295 bits per heavy atom. The fraction of sp³-hybridized carbons (Fsp3) is 0.390. The highest BCUT2D eigenvalue weighted by Crippen LogP contribution is 2.71. The second-order valence-corrected chi connectivity index (χ2v) is 26.7. The van der Waals surface area contributed by atoms with Gasteiger partial charge in [-0.15, -0.1) is 0 Å². The Morgan fingerprint density at radius 2 is 0.508 bits per heavy atom. The van der Waals surface area contributed by atoms with E-state index in [1.165, 1.54) is 54.6 Å². The Morgan fingerprint density at radius 3 is 0.689 bits per heavy atom. The Kier molecular flexibility index (Phi) is 13.9. The average molecular weight is 845 g/mol. The van der Waals surface area contributed by atoms with Crippen LogP contribution in [0, 0.1) is 11.3 Å². The van der Waals surface area contributed by atoms with Gasteiger partial charge in [0.25, 0.3) is 0 Å². The Hall–Kier alpha value is -3.82. The van der Waals surface area contributed by atoms with E-state index in [9.17, 15) is 0 Å². The van der Waals surface area contributed by atoms with Crippen molar-refractivity contribution in [1.29, 1.82) is 0 Å². The number of benzene rings is 6. The van der Waals surface area contributed by atoms with Crippen LogP contribution in [0.1, 0.15) is 149 Å². The van der Waals surface area contributed by atoms with Crippen molar-refractivity contribution in [3.05, 3.63) is 191 Å². The zero-order chi connectivity index (χ0) is 44.5. The third-order valence-corrected chi connectivity index (χ3v) is 19.4. The molecule has 0 nitrogen and oxygen atoms in total. The van der Waals surface area contributed by atoms with Crippen molar-refractivity contribution in [2.75, 3.05) is 0 Å². The van der Waals surface area contributed by atoms with Gasteiger partial charge in [-0.05, 0) is 103 Å². The van der Waals surface area contributed by atoms with Crippen molar-refractivity contribution >= 4 is 37.1 Å². The fourth-order valence-corrected chi connectivity index (χ4v) is 15.7. The molecule has 0 aromatic heterocycles. The quantitative estimate of drug-likeness (QED) is 0.114. The molecule has 0 bridgehead atoms. The zero-order valence-electron chi connectivity index (χ0n) is 40.1. The SMILES string of the molecule is CC(C)C(C)(C(c1ccccc1)P(c1ccc(C(C)(C)C)cc1)c1ccc(C(C)(C)C)cc1)C(c1ccccc1)P(c1ccc(C(C)(C)C)cc1)c1ccc(C(C)(C)C)cc1. The van der Waals surface area contributed by atoms with Crippen LogP contribution < -0.4 is 21.2 Å². The first-order valence-electron chi connectivity index (χ1n) is 22.6. The highest BCUT2D eigenvalue weighted by molar-refractivity contribution is 7.74. The molecular weight excluding hydrogens is 771 g/mol. The van der Waals surface area contributed by atoms with Gasteiger partial charge in [0.05, 0.1) is 0 Å². The molecule has 2 unspecified atom stereocenters. The van der Waals surface area contributed by atoms with Gasteiger partial charge in [0.2, 0.25) is 0 Å². The van der Waals surface area contributed by atoms with Crippen LogP contribution in [0.15, 0.2) is 158 Å². The van der Waals surface area contributed by atoms with Crippen LogP contribution in [0.25, 0.3) is 0 Å². The van der Waals surface area contributed by atoms with E-state index in [1.54, 1.807) is 0 Å². The van der Waals surface area contributed by atoms with E-state index in [1.807, 2.05) is 0 Å². The summed E-state index contributed by atoms with van der Waals surface area (Å²) in [5.74, 6) is 0.323. The predicted molar refractivity (Wildman–Crippen MR) is 274 cm³/mol. The Bertz CT molecular complexity index is 2010. The van der Waals surface area contributed by atoms with E-state index >= 15 is 0 Å². The summed E-state index contributed by atoms with van der Waals surface area (Å²) in [5.41, 5.74) is 8.77. The molecular formula is C59H74P2. The third kappa shape index (κ3) is 10.4. The van der Waals surface area contributed by atoms with Gasteiger partial charge in [-0.2, -0.15) is 0 Å². The van der Waals surface area contributed by atoms with E-state index in [0.29, 0.717) is 5.92 Å². The van der Waals surface area contributed by atoms with Crippen molar-refractivity contribution in [3.63, 3.8) is 0 Å². The van der Waals surface area contributed by atoms with Crippen LogP contribution in [0.5, 0.6) is 0 Å². The number of hydrogen-bond acceptors (Lipinski definition) is 0.